The van der Waals surface area contributed by atoms with Crippen molar-refractivity contribution in [1.29, 1.82) is 0 Å². The first-order valence-corrected chi connectivity index (χ1v) is 11.0. The summed E-state index contributed by atoms with van der Waals surface area (Å²) in [6, 6.07) is 19.1. The molecule has 1 aliphatic heterocycles. The van der Waals surface area contributed by atoms with Crippen molar-refractivity contribution in [3.63, 3.8) is 0 Å². The highest BCUT2D eigenvalue weighted by Crippen LogP contribution is 2.35. The fourth-order valence-electron chi connectivity index (χ4n) is 3.70. The van der Waals surface area contributed by atoms with Crippen molar-refractivity contribution < 1.29 is 9.47 Å². The monoisotopic (exact) mass is 418 g/mol. The zero-order chi connectivity index (χ0) is 20.5. The maximum Gasteiger partial charge on any atom is 0.300 e. The van der Waals surface area contributed by atoms with Crippen LogP contribution in [-0.4, -0.2) is 22.3 Å². The van der Waals surface area contributed by atoms with Gasteiger partial charge in [0.1, 0.15) is 12.4 Å². The molecule has 6 heteroatoms. The number of ether oxygens (including phenoxy) is 2. The van der Waals surface area contributed by atoms with Crippen LogP contribution in [0.3, 0.4) is 0 Å². The summed E-state index contributed by atoms with van der Waals surface area (Å²) in [5, 5.41) is 1.22. The fourth-order valence-corrected chi connectivity index (χ4v) is 4.79. The summed E-state index contributed by atoms with van der Waals surface area (Å²) in [5.41, 5.74) is 2.34. The van der Waals surface area contributed by atoms with Crippen LogP contribution in [0, 0.1) is 0 Å². The average Bonchev–Trinajstić information content (AvgIpc) is 3.36. The van der Waals surface area contributed by atoms with E-state index in [9.17, 15) is 4.79 Å². The molecule has 0 saturated heterocycles. The molecule has 0 radical (unpaired) electrons. The highest BCUT2D eigenvalue weighted by Gasteiger charge is 2.23. The standard InChI is InChI=1S/C24H22N2O3S/c1-2-3-16-4-6-17(7-5-16)21-12-18-8-9-19(13-22(18)30-21)28-15-20-14-26-11-10-23(27)25-24(26)29-20/h4-13,20H,2-3,14-15H2,1H3/t20-/m0/s1. The Hall–Kier alpha value is -3.12. The Morgan fingerprint density at radius 3 is 2.87 bits per heavy atom. The molecule has 0 spiro atoms. The second-order valence-corrected chi connectivity index (χ2v) is 8.59. The van der Waals surface area contributed by atoms with E-state index in [1.807, 2.05) is 10.6 Å². The van der Waals surface area contributed by atoms with E-state index in [0.717, 1.165) is 18.6 Å². The Labute approximate surface area is 178 Å². The van der Waals surface area contributed by atoms with E-state index in [2.05, 4.69) is 54.4 Å². The number of aryl methyl sites for hydroxylation is 1. The van der Waals surface area contributed by atoms with Gasteiger partial charge in [-0.2, -0.15) is 4.98 Å². The molecule has 0 saturated carbocycles. The van der Waals surface area contributed by atoms with Gasteiger partial charge in [0.25, 0.3) is 11.6 Å². The second-order valence-electron chi connectivity index (χ2n) is 7.51. The van der Waals surface area contributed by atoms with Gasteiger partial charge in [0.05, 0.1) is 6.54 Å². The number of rotatable bonds is 6. The second kappa shape index (κ2) is 7.95. The van der Waals surface area contributed by atoms with Gasteiger partial charge in [-0.05, 0) is 47.2 Å². The van der Waals surface area contributed by atoms with E-state index in [1.54, 1.807) is 17.5 Å². The smallest absolute Gasteiger partial charge is 0.300 e. The predicted molar refractivity (Wildman–Crippen MR) is 120 cm³/mol. The Balaban J connectivity index is 1.28. The molecule has 0 amide bonds. The first-order valence-electron chi connectivity index (χ1n) is 10.2. The lowest BCUT2D eigenvalue weighted by atomic mass is 10.1. The number of hydrogen-bond donors (Lipinski definition) is 0. The minimum absolute atomic E-state index is 0.157. The van der Waals surface area contributed by atoms with Crippen LogP contribution < -0.4 is 15.0 Å². The summed E-state index contributed by atoms with van der Waals surface area (Å²) in [5.74, 6) is 0.816. The van der Waals surface area contributed by atoms with Crippen LogP contribution >= 0.6 is 11.3 Å². The maximum atomic E-state index is 11.4. The molecule has 5 rings (SSSR count). The van der Waals surface area contributed by atoms with E-state index >= 15 is 0 Å². The third-order valence-electron chi connectivity index (χ3n) is 5.23. The Kier molecular flexibility index (Phi) is 5.01. The van der Waals surface area contributed by atoms with Crippen molar-refractivity contribution in [1.82, 2.24) is 9.55 Å². The first-order chi connectivity index (χ1) is 14.7. The van der Waals surface area contributed by atoms with E-state index in [4.69, 9.17) is 9.47 Å². The van der Waals surface area contributed by atoms with Crippen LogP contribution in [0.1, 0.15) is 18.9 Å². The van der Waals surface area contributed by atoms with Gasteiger partial charge in [-0.3, -0.25) is 9.36 Å². The van der Waals surface area contributed by atoms with Crippen LogP contribution in [0.4, 0.5) is 0 Å². The van der Waals surface area contributed by atoms with Gasteiger partial charge >= 0.3 is 0 Å². The zero-order valence-corrected chi connectivity index (χ0v) is 17.5. The number of nitrogens with zero attached hydrogens (tertiary/aromatic N) is 2. The molecule has 0 fully saturated rings. The summed E-state index contributed by atoms with van der Waals surface area (Å²) in [6.45, 7) is 3.23. The van der Waals surface area contributed by atoms with Crippen LogP contribution in [0.5, 0.6) is 11.8 Å². The number of benzene rings is 2. The first kappa shape index (κ1) is 18.9. The van der Waals surface area contributed by atoms with Crippen molar-refractivity contribution in [2.24, 2.45) is 0 Å². The molecule has 5 nitrogen and oxygen atoms in total. The molecular weight excluding hydrogens is 396 g/mol. The molecular formula is C24H22N2O3S. The van der Waals surface area contributed by atoms with Gasteiger partial charge in [-0.1, -0.05) is 37.6 Å². The van der Waals surface area contributed by atoms with E-state index in [-0.39, 0.29) is 11.7 Å². The Morgan fingerprint density at radius 1 is 1.17 bits per heavy atom. The maximum absolute atomic E-state index is 11.4. The van der Waals surface area contributed by atoms with Gasteiger partial charge in [0.2, 0.25) is 0 Å². The molecule has 0 bridgehead atoms. The Morgan fingerprint density at radius 2 is 2.03 bits per heavy atom. The third-order valence-corrected chi connectivity index (χ3v) is 6.37. The molecule has 30 heavy (non-hydrogen) atoms. The van der Waals surface area contributed by atoms with Crippen LogP contribution in [0.15, 0.2) is 65.6 Å². The molecule has 2 aromatic carbocycles. The van der Waals surface area contributed by atoms with E-state index in [1.165, 1.54) is 32.2 Å². The normalized spacial score (nSPS) is 15.2. The molecule has 0 unspecified atom stereocenters. The molecule has 1 aliphatic rings. The SMILES string of the molecule is CCCc1ccc(-c2cc3ccc(OC[C@@H]4Cn5ccc(=O)nc5O4)cc3s2)cc1. The largest absolute Gasteiger partial charge is 0.490 e. The van der Waals surface area contributed by atoms with Crippen molar-refractivity contribution in [3.8, 4) is 22.2 Å². The van der Waals surface area contributed by atoms with Crippen LogP contribution in [0.25, 0.3) is 20.5 Å². The van der Waals surface area contributed by atoms with Crippen molar-refractivity contribution in [2.45, 2.75) is 32.4 Å². The molecule has 2 aromatic heterocycles. The quantitative estimate of drug-likeness (QED) is 0.446. The number of aromatic nitrogens is 2. The molecule has 0 aliphatic carbocycles. The molecule has 3 heterocycles. The van der Waals surface area contributed by atoms with Gasteiger partial charge in [-0.25, -0.2) is 0 Å². The third kappa shape index (κ3) is 3.83. The molecule has 152 valence electrons. The summed E-state index contributed by atoms with van der Waals surface area (Å²) in [7, 11) is 0. The number of thiophene rings is 1. The highest BCUT2D eigenvalue weighted by molar-refractivity contribution is 7.22. The molecule has 1 atom stereocenters. The Bertz CT molecular complexity index is 1240. The van der Waals surface area contributed by atoms with Gasteiger partial charge in [-0.15, -0.1) is 11.3 Å². The lowest BCUT2D eigenvalue weighted by molar-refractivity contribution is 0.144. The van der Waals surface area contributed by atoms with Crippen molar-refractivity contribution in [2.75, 3.05) is 6.61 Å². The van der Waals surface area contributed by atoms with Crippen LogP contribution in [0.2, 0.25) is 0 Å². The lowest BCUT2D eigenvalue weighted by Crippen LogP contribution is -2.23. The number of fused-ring (bicyclic) bond motifs is 2. The fraction of sp³-hybridized carbons (Fsp3) is 0.250. The molecule has 4 aromatic rings. The minimum atomic E-state index is -0.290. The van der Waals surface area contributed by atoms with E-state index < -0.39 is 0 Å². The zero-order valence-electron chi connectivity index (χ0n) is 16.7. The summed E-state index contributed by atoms with van der Waals surface area (Å²) < 4.78 is 14.7. The van der Waals surface area contributed by atoms with Crippen molar-refractivity contribution >= 4 is 21.4 Å². The summed E-state index contributed by atoms with van der Waals surface area (Å²) in [4.78, 5) is 16.5. The predicted octanol–water partition coefficient (Wildman–Crippen LogP) is 4.92. The minimum Gasteiger partial charge on any atom is -0.490 e. The number of hydrogen-bond acceptors (Lipinski definition) is 5. The topological polar surface area (TPSA) is 53.4 Å². The van der Waals surface area contributed by atoms with Gasteiger partial charge in [0.15, 0.2) is 6.10 Å². The highest BCUT2D eigenvalue weighted by atomic mass is 32.1. The molecule has 0 N–H and O–H groups in total. The summed E-state index contributed by atoms with van der Waals surface area (Å²) >= 11 is 1.77. The van der Waals surface area contributed by atoms with E-state index in [0.29, 0.717) is 19.2 Å². The van der Waals surface area contributed by atoms with Crippen molar-refractivity contribution in [3.05, 3.63) is 76.7 Å². The van der Waals surface area contributed by atoms with Gasteiger partial charge in [0, 0.05) is 21.8 Å². The average molecular weight is 419 g/mol. The van der Waals surface area contributed by atoms with Crippen LogP contribution in [-0.2, 0) is 13.0 Å². The van der Waals surface area contributed by atoms with Gasteiger partial charge < -0.3 is 9.47 Å². The lowest BCUT2D eigenvalue weighted by Gasteiger charge is -2.11. The summed E-state index contributed by atoms with van der Waals surface area (Å²) in [6.07, 6.45) is 3.84.